The van der Waals surface area contributed by atoms with E-state index in [-0.39, 0.29) is 12.3 Å². The quantitative estimate of drug-likeness (QED) is 0.535. The van der Waals surface area contributed by atoms with Crippen LogP contribution in [0.5, 0.6) is 11.5 Å². The summed E-state index contributed by atoms with van der Waals surface area (Å²) in [6.45, 7) is 4.95. The van der Waals surface area contributed by atoms with E-state index in [1.165, 1.54) is 0 Å². The van der Waals surface area contributed by atoms with Gasteiger partial charge in [-0.1, -0.05) is 28.1 Å². The van der Waals surface area contributed by atoms with E-state index in [0.29, 0.717) is 24.7 Å². The lowest BCUT2D eigenvalue weighted by Crippen LogP contribution is -2.19. The number of nitrogens with one attached hydrogen (secondary N) is 1. The van der Waals surface area contributed by atoms with Gasteiger partial charge in [0.1, 0.15) is 0 Å². The Morgan fingerprint density at radius 3 is 2.44 bits per heavy atom. The first-order valence-corrected chi connectivity index (χ1v) is 8.87. The lowest BCUT2D eigenvalue weighted by Gasteiger charge is -2.11. The number of hydrogen-bond acceptors (Lipinski definition) is 4. The summed E-state index contributed by atoms with van der Waals surface area (Å²) in [6.07, 6.45) is 1.86. The van der Waals surface area contributed by atoms with Crippen LogP contribution in [-0.2, 0) is 11.2 Å². The average Bonchev–Trinajstić information content (AvgIpc) is 2.59. The Morgan fingerprint density at radius 1 is 1.08 bits per heavy atom. The molecule has 0 aliphatic heterocycles. The van der Waals surface area contributed by atoms with Gasteiger partial charge in [0.15, 0.2) is 11.5 Å². The number of ether oxygens (including phenoxy) is 2. The van der Waals surface area contributed by atoms with E-state index in [2.05, 4.69) is 26.5 Å². The second kappa shape index (κ2) is 9.84. The largest absolute Gasteiger partial charge is 0.490 e. The van der Waals surface area contributed by atoms with Crippen molar-refractivity contribution in [3.63, 3.8) is 0 Å². The van der Waals surface area contributed by atoms with Crippen molar-refractivity contribution in [1.29, 1.82) is 0 Å². The molecule has 0 aliphatic carbocycles. The van der Waals surface area contributed by atoms with Gasteiger partial charge in [-0.3, -0.25) is 4.79 Å². The van der Waals surface area contributed by atoms with Gasteiger partial charge < -0.3 is 9.47 Å². The topological polar surface area (TPSA) is 59.9 Å². The first-order chi connectivity index (χ1) is 12.1. The van der Waals surface area contributed by atoms with Gasteiger partial charge in [0.05, 0.1) is 25.8 Å². The number of nitrogens with zero attached hydrogens (tertiary/aromatic N) is 1. The Labute approximate surface area is 156 Å². The molecule has 132 valence electrons. The van der Waals surface area contributed by atoms with Crippen LogP contribution in [0, 0.1) is 0 Å². The van der Waals surface area contributed by atoms with Crippen LogP contribution >= 0.6 is 15.9 Å². The van der Waals surface area contributed by atoms with Crippen molar-refractivity contribution in [2.24, 2.45) is 5.10 Å². The summed E-state index contributed by atoms with van der Waals surface area (Å²) in [5.74, 6) is 1.19. The fraction of sp³-hybridized carbons (Fsp3) is 0.263. The number of amides is 1. The van der Waals surface area contributed by atoms with Gasteiger partial charge >= 0.3 is 0 Å². The molecule has 0 bridgehead atoms. The Balaban J connectivity index is 1.95. The summed E-state index contributed by atoms with van der Waals surface area (Å²) >= 11 is 3.37. The molecule has 0 aromatic heterocycles. The number of carbonyl (C=O) groups excluding carboxylic acids is 1. The fourth-order valence-electron chi connectivity index (χ4n) is 2.15. The van der Waals surface area contributed by atoms with E-state index in [0.717, 1.165) is 15.6 Å². The van der Waals surface area contributed by atoms with Gasteiger partial charge in [-0.25, -0.2) is 5.43 Å². The number of halogens is 1. The summed E-state index contributed by atoms with van der Waals surface area (Å²) in [4.78, 5) is 11.9. The Hall–Kier alpha value is -2.34. The molecule has 5 nitrogen and oxygen atoms in total. The molecule has 0 aliphatic rings. The first-order valence-electron chi connectivity index (χ1n) is 8.08. The molecule has 25 heavy (non-hydrogen) atoms. The summed E-state index contributed by atoms with van der Waals surface area (Å²) in [5, 5.41) is 4.00. The Morgan fingerprint density at radius 2 is 1.76 bits per heavy atom. The van der Waals surface area contributed by atoms with Crippen LogP contribution in [0.1, 0.15) is 25.0 Å². The highest BCUT2D eigenvalue weighted by molar-refractivity contribution is 9.10. The molecule has 6 heteroatoms. The summed E-state index contributed by atoms with van der Waals surface area (Å²) in [5.41, 5.74) is 4.27. The highest BCUT2D eigenvalue weighted by Crippen LogP contribution is 2.27. The van der Waals surface area contributed by atoms with Crippen molar-refractivity contribution in [1.82, 2.24) is 5.43 Å². The van der Waals surface area contributed by atoms with E-state index < -0.39 is 0 Å². The standard InChI is InChI=1S/C19H21BrN2O3/c1-3-24-17-10-7-15(11-18(17)25-4-2)13-21-22-19(23)12-14-5-8-16(20)9-6-14/h5-11,13H,3-4,12H2,1-2H3,(H,22,23)/b21-13-. The van der Waals surface area contributed by atoms with Gasteiger partial charge in [0.2, 0.25) is 5.91 Å². The third-order valence-corrected chi connectivity index (χ3v) is 3.78. The molecule has 1 N–H and O–H groups in total. The zero-order valence-electron chi connectivity index (χ0n) is 14.3. The fourth-order valence-corrected chi connectivity index (χ4v) is 2.42. The van der Waals surface area contributed by atoms with E-state index in [1.807, 2.05) is 56.3 Å². The smallest absolute Gasteiger partial charge is 0.244 e. The van der Waals surface area contributed by atoms with Crippen molar-refractivity contribution in [2.75, 3.05) is 13.2 Å². The van der Waals surface area contributed by atoms with Gasteiger partial charge in [-0.05, 0) is 55.3 Å². The van der Waals surface area contributed by atoms with Crippen LogP contribution < -0.4 is 14.9 Å². The average molecular weight is 405 g/mol. The molecule has 0 saturated heterocycles. The maximum Gasteiger partial charge on any atom is 0.244 e. The molecule has 0 atom stereocenters. The van der Waals surface area contributed by atoms with Crippen LogP contribution in [0.3, 0.4) is 0 Å². The highest BCUT2D eigenvalue weighted by atomic mass is 79.9. The zero-order valence-corrected chi connectivity index (χ0v) is 15.9. The minimum Gasteiger partial charge on any atom is -0.490 e. The maximum atomic E-state index is 11.9. The van der Waals surface area contributed by atoms with Crippen LogP contribution in [0.4, 0.5) is 0 Å². The third kappa shape index (κ3) is 6.23. The molecule has 0 saturated carbocycles. The Bertz CT molecular complexity index is 730. The third-order valence-electron chi connectivity index (χ3n) is 3.25. The molecule has 0 heterocycles. The second-order valence-electron chi connectivity index (χ2n) is 5.17. The molecule has 0 fully saturated rings. The van der Waals surface area contributed by atoms with Gasteiger partial charge in [-0.2, -0.15) is 5.10 Å². The van der Waals surface area contributed by atoms with Crippen LogP contribution in [-0.4, -0.2) is 25.3 Å². The predicted molar refractivity (Wildman–Crippen MR) is 102 cm³/mol. The van der Waals surface area contributed by atoms with Gasteiger partial charge in [0, 0.05) is 4.47 Å². The number of hydrazone groups is 1. The molecule has 1 amide bonds. The van der Waals surface area contributed by atoms with E-state index >= 15 is 0 Å². The van der Waals surface area contributed by atoms with E-state index in [1.54, 1.807) is 6.21 Å². The summed E-state index contributed by atoms with van der Waals surface area (Å²) in [6, 6.07) is 13.1. The minimum atomic E-state index is -0.172. The van der Waals surface area contributed by atoms with Crippen molar-refractivity contribution in [2.45, 2.75) is 20.3 Å². The van der Waals surface area contributed by atoms with Gasteiger partial charge in [0.25, 0.3) is 0 Å². The number of carbonyl (C=O) groups is 1. The second-order valence-corrected chi connectivity index (χ2v) is 6.08. The number of hydrogen-bond donors (Lipinski definition) is 1. The van der Waals surface area contributed by atoms with Crippen molar-refractivity contribution in [3.05, 3.63) is 58.1 Å². The van der Waals surface area contributed by atoms with Crippen molar-refractivity contribution >= 4 is 28.1 Å². The van der Waals surface area contributed by atoms with Crippen LogP contribution in [0.2, 0.25) is 0 Å². The maximum absolute atomic E-state index is 11.9. The Kier molecular flexibility index (Phi) is 7.47. The summed E-state index contributed by atoms with van der Waals surface area (Å²) in [7, 11) is 0. The predicted octanol–water partition coefficient (Wildman–Crippen LogP) is 3.94. The van der Waals surface area contributed by atoms with Crippen LogP contribution in [0.15, 0.2) is 52.0 Å². The number of rotatable bonds is 8. The monoisotopic (exact) mass is 404 g/mol. The zero-order chi connectivity index (χ0) is 18.1. The first kappa shape index (κ1) is 19.0. The normalized spacial score (nSPS) is 10.7. The van der Waals surface area contributed by atoms with Gasteiger partial charge in [-0.15, -0.1) is 0 Å². The minimum absolute atomic E-state index is 0.172. The van der Waals surface area contributed by atoms with Crippen molar-refractivity contribution < 1.29 is 14.3 Å². The molecule has 0 spiro atoms. The SMILES string of the molecule is CCOc1ccc(/C=N\NC(=O)Cc2ccc(Br)cc2)cc1OCC. The van der Waals surface area contributed by atoms with E-state index in [9.17, 15) is 4.79 Å². The molecular weight excluding hydrogens is 384 g/mol. The molecule has 2 rings (SSSR count). The summed E-state index contributed by atoms with van der Waals surface area (Å²) < 4.78 is 12.1. The molecule has 0 unspecified atom stereocenters. The van der Waals surface area contributed by atoms with E-state index in [4.69, 9.17) is 9.47 Å². The molecular formula is C19H21BrN2O3. The lowest BCUT2D eigenvalue weighted by molar-refractivity contribution is -0.120. The van der Waals surface area contributed by atoms with Crippen molar-refractivity contribution in [3.8, 4) is 11.5 Å². The molecule has 0 radical (unpaired) electrons. The lowest BCUT2D eigenvalue weighted by atomic mass is 10.1. The van der Waals surface area contributed by atoms with Crippen LogP contribution in [0.25, 0.3) is 0 Å². The molecule has 2 aromatic rings. The number of benzene rings is 2. The molecule has 2 aromatic carbocycles. The highest BCUT2D eigenvalue weighted by Gasteiger charge is 2.05.